The molecule has 0 atom stereocenters. The van der Waals surface area contributed by atoms with Crippen LogP contribution < -0.4 is 24.8 Å². The number of hydrogen-bond acceptors (Lipinski definition) is 0. The molecule has 24 heavy (non-hydrogen) atoms. The molecule has 0 unspecified atom stereocenters. The summed E-state index contributed by atoms with van der Waals surface area (Å²) in [6, 6.07) is 6.17. The topological polar surface area (TPSA) is 23.8 Å². The van der Waals surface area contributed by atoms with Gasteiger partial charge in [-0.15, -0.1) is 12.1 Å². The second kappa shape index (κ2) is 19.5. The maximum Gasteiger partial charge on any atom is 4.00 e. The van der Waals surface area contributed by atoms with Crippen LogP contribution in [0, 0.1) is 6.08 Å². The molecular weight excluding hydrogens is 520 g/mol. The van der Waals surface area contributed by atoms with E-state index in [2.05, 4.69) is 71.1 Å². The molecule has 0 amide bonds. The Bertz CT molecular complexity index is 424. The van der Waals surface area contributed by atoms with Crippen molar-refractivity contribution in [2.45, 2.75) is 59.0 Å². The molecule has 133 valence electrons. The van der Waals surface area contributed by atoms with Gasteiger partial charge >= 0.3 is 25.8 Å². The van der Waals surface area contributed by atoms with E-state index in [0.717, 1.165) is 32.8 Å². The molecule has 1 N–H and O–H groups in total. The minimum atomic E-state index is 0. The van der Waals surface area contributed by atoms with Crippen molar-refractivity contribution in [3.05, 3.63) is 59.4 Å². The Kier molecular flexibility index (Phi) is 25.9. The Morgan fingerprint density at radius 1 is 1.00 bits per heavy atom. The maximum atomic E-state index is 8.01. The molecule has 0 heterocycles. The summed E-state index contributed by atoms with van der Waals surface area (Å²) < 4.78 is 0. The van der Waals surface area contributed by atoms with Crippen molar-refractivity contribution in [2.24, 2.45) is 0 Å². The monoisotopic (exact) mass is 550 g/mol. The molecule has 1 aromatic carbocycles. The van der Waals surface area contributed by atoms with Crippen molar-refractivity contribution in [3.63, 3.8) is 0 Å². The second-order valence-corrected chi connectivity index (χ2v) is 6.86. The van der Waals surface area contributed by atoms with E-state index >= 15 is 0 Å². The van der Waals surface area contributed by atoms with Crippen molar-refractivity contribution in [3.8, 4) is 0 Å². The first-order chi connectivity index (χ1) is 9.95. The van der Waals surface area contributed by atoms with Gasteiger partial charge in [-0.3, -0.25) is 6.08 Å². The van der Waals surface area contributed by atoms with Gasteiger partial charge in [0.15, 0.2) is 0 Å². The summed E-state index contributed by atoms with van der Waals surface area (Å²) in [6.45, 7) is 13.0. The third-order valence-corrected chi connectivity index (χ3v) is 2.96. The van der Waals surface area contributed by atoms with Crippen LogP contribution in [-0.4, -0.2) is 9.52 Å². The van der Waals surface area contributed by atoms with Crippen LogP contribution >= 0.6 is 0 Å². The third kappa shape index (κ3) is 13.5. The Hall–Kier alpha value is 0.167. The molecule has 0 saturated heterocycles. The van der Waals surface area contributed by atoms with Crippen LogP contribution in [0.3, 0.4) is 0 Å². The number of benzene rings is 1. The van der Waals surface area contributed by atoms with Crippen molar-refractivity contribution >= 4 is 15.2 Å². The van der Waals surface area contributed by atoms with E-state index in [-0.39, 0.29) is 50.7 Å². The average Bonchev–Trinajstić information content (AvgIpc) is 2.98. The summed E-state index contributed by atoms with van der Waals surface area (Å²) in [6.07, 6.45) is 10.0. The Balaban J connectivity index is -0.000000154. The molecule has 0 spiro atoms. The number of halogens is 2. The molecule has 1 aromatic rings. The zero-order valence-corrected chi connectivity index (χ0v) is 21.9. The van der Waals surface area contributed by atoms with Gasteiger partial charge in [0.2, 0.25) is 0 Å². The van der Waals surface area contributed by atoms with Crippen LogP contribution in [0.15, 0.2) is 36.4 Å². The van der Waals surface area contributed by atoms with Crippen molar-refractivity contribution in [1.82, 2.24) is 0 Å². The Morgan fingerprint density at radius 2 is 1.42 bits per heavy atom. The van der Waals surface area contributed by atoms with E-state index in [9.17, 15) is 0 Å². The normalized spacial score (nSPS) is 10.5. The number of nitrogens with one attached hydrogen (secondary N) is 1. The minimum Gasteiger partial charge on any atom is -1.00 e. The summed E-state index contributed by atoms with van der Waals surface area (Å²) in [7, 11) is 0.750. The summed E-state index contributed by atoms with van der Waals surface area (Å²) in [5.41, 5.74) is 11.1. The van der Waals surface area contributed by atoms with Crippen LogP contribution in [0.5, 0.6) is 0 Å². The van der Waals surface area contributed by atoms with E-state index < -0.39 is 0 Å². The van der Waals surface area contributed by atoms with Gasteiger partial charge in [-0.25, -0.2) is 12.2 Å². The van der Waals surface area contributed by atoms with Gasteiger partial charge in [0.05, 0.1) is 0 Å². The van der Waals surface area contributed by atoms with Gasteiger partial charge in [-0.1, -0.05) is 70.1 Å². The number of rotatable bonds is 2. The molecule has 5 heteroatoms. The molecule has 1 radical (unpaired) electrons. The molecule has 0 saturated carbocycles. The first-order valence-corrected chi connectivity index (χ1v) is 10.1. The van der Waals surface area contributed by atoms with Gasteiger partial charge in [0, 0.05) is 9.52 Å². The third-order valence-electron chi connectivity index (χ3n) is 2.96. The minimum absolute atomic E-state index is 0. The van der Waals surface area contributed by atoms with Crippen LogP contribution in [-0.2, 0) is 25.8 Å². The Morgan fingerprint density at radius 3 is 1.62 bits per heavy atom. The van der Waals surface area contributed by atoms with E-state index in [1.165, 1.54) is 0 Å². The van der Waals surface area contributed by atoms with Gasteiger partial charge in [0.25, 0.3) is 0 Å². The van der Waals surface area contributed by atoms with Gasteiger partial charge in [-0.05, 0) is 11.8 Å². The van der Waals surface area contributed by atoms with Crippen LogP contribution in [0.4, 0.5) is 5.69 Å². The molecule has 0 fully saturated rings. The predicted molar refractivity (Wildman–Crippen MR) is 99.0 cm³/mol. The van der Waals surface area contributed by atoms with Gasteiger partial charge in [-0.2, -0.15) is 6.08 Å². The maximum absolute atomic E-state index is 8.01. The zero-order valence-electron chi connectivity index (χ0n) is 15.7. The Labute approximate surface area is 183 Å². The summed E-state index contributed by atoms with van der Waals surface area (Å²) in [5, 5.41) is 0. The summed E-state index contributed by atoms with van der Waals surface area (Å²) in [4.78, 5) is 0. The molecular formula is C19H30Cl2HfNSi. The van der Waals surface area contributed by atoms with Crippen molar-refractivity contribution < 1.29 is 50.7 Å². The SMILES string of the molecule is CC(C)c1cccc(C(C)C)c1[NH-].C[SiH]C.[C-]1=CC=CC1.[Cl-].[Cl-].[Hf+4]. The largest absolute Gasteiger partial charge is 4.00 e. The first-order valence-electron chi connectivity index (χ1n) is 7.75. The van der Waals surface area contributed by atoms with E-state index in [1.54, 1.807) is 0 Å². The number of allylic oxidation sites excluding steroid dienone is 4. The fraction of sp³-hybridized carbons (Fsp3) is 0.474. The predicted octanol–water partition coefficient (Wildman–Crippen LogP) is 0.447. The van der Waals surface area contributed by atoms with E-state index in [0.29, 0.717) is 11.8 Å². The zero-order chi connectivity index (χ0) is 16.3. The average molecular weight is 550 g/mol. The van der Waals surface area contributed by atoms with Crippen LogP contribution in [0.2, 0.25) is 13.1 Å². The fourth-order valence-corrected chi connectivity index (χ4v) is 1.89. The molecule has 0 aliphatic heterocycles. The molecule has 1 aliphatic carbocycles. The molecule has 0 aromatic heterocycles. The van der Waals surface area contributed by atoms with Gasteiger partial charge < -0.3 is 30.5 Å². The molecule has 1 aliphatic rings. The second-order valence-electron chi connectivity index (χ2n) is 5.70. The quantitative estimate of drug-likeness (QED) is 0.378. The van der Waals surface area contributed by atoms with E-state index in [1.807, 2.05) is 12.2 Å². The van der Waals surface area contributed by atoms with Crippen molar-refractivity contribution in [2.75, 3.05) is 0 Å². The first kappa shape index (κ1) is 31.9. The fourth-order valence-electron chi connectivity index (χ4n) is 1.89. The summed E-state index contributed by atoms with van der Waals surface area (Å²) in [5.74, 6) is 0.900. The number of hydrogen-bond donors (Lipinski definition) is 0. The molecule has 0 bridgehead atoms. The smallest absolute Gasteiger partial charge is 1.00 e. The van der Waals surface area contributed by atoms with Gasteiger partial charge in [0.1, 0.15) is 0 Å². The molecule has 1 nitrogen and oxygen atoms in total. The summed E-state index contributed by atoms with van der Waals surface area (Å²) >= 11 is 0. The molecule has 2 rings (SSSR count). The van der Waals surface area contributed by atoms with Crippen LogP contribution in [0.25, 0.3) is 5.73 Å². The van der Waals surface area contributed by atoms with Crippen molar-refractivity contribution in [1.29, 1.82) is 0 Å². The van der Waals surface area contributed by atoms with E-state index in [4.69, 9.17) is 5.73 Å². The standard InChI is InChI=1S/C12H18N.C5H5.C2H7Si.2ClH.Hf/c1-8(2)10-6-5-7-11(9(3)4)12(10)13;1-2-4-5-3-1;1-3-2;;;/h5-9,13H,1-4H3;1-3H,4H2;3H,1-2H3;2*1H;/q2*-1;;;;+4/p-2. The van der Waals surface area contributed by atoms with Crippen LogP contribution in [0.1, 0.15) is 57.1 Å².